The van der Waals surface area contributed by atoms with E-state index in [4.69, 9.17) is 4.74 Å². The number of rotatable bonds is 7. The number of anilines is 1. The minimum atomic E-state index is -0.509. The van der Waals surface area contributed by atoms with Crippen LogP contribution in [0.4, 0.5) is 11.4 Å². The Labute approximate surface area is 168 Å². The quantitative estimate of drug-likeness (QED) is 0.460. The average Bonchev–Trinajstić information content (AvgIpc) is 2.72. The highest BCUT2D eigenvalue weighted by Gasteiger charge is 2.18. The third kappa shape index (κ3) is 4.52. The second kappa shape index (κ2) is 8.70. The topological polar surface area (TPSA) is 93.5 Å². The predicted octanol–water partition coefficient (Wildman–Crippen LogP) is 4.35. The summed E-state index contributed by atoms with van der Waals surface area (Å²) in [6.07, 6.45) is 0. The van der Waals surface area contributed by atoms with Gasteiger partial charge in [-0.3, -0.25) is 14.9 Å². The van der Waals surface area contributed by atoms with Crippen molar-refractivity contribution in [2.45, 2.75) is 19.9 Å². The molecule has 7 heteroatoms. The van der Waals surface area contributed by atoms with Crippen molar-refractivity contribution in [3.05, 3.63) is 75.8 Å². The number of hydrogen-bond acceptors (Lipinski definition) is 5. The second-order valence-corrected chi connectivity index (χ2v) is 6.82. The molecule has 0 bridgehead atoms. The molecule has 3 rings (SSSR count). The van der Waals surface area contributed by atoms with Gasteiger partial charge in [0.25, 0.3) is 0 Å². The van der Waals surface area contributed by atoms with Crippen LogP contribution in [-0.2, 0) is 4.79 Å². The first-order valence-corrected chi connectivity index (χ1v) is 9.24. The molecule has 0 aliphatic carbocycles. The number of benzene rings is 3. The van der Waals surface area contributed by atoms with Crippen LogP contribution in [0.25, 0.3) is 10.8 Å². The molecule has 3 aromatic rings. The van der Waals surface area contributed by atoms with Gasteiger partial charge in [0.15, 0.2) is 5.75 Å². The van der Waals surface area contributed by atoms with E-state index in [1.54, 1.807) is 6.92 Å². The van der Waals surface area contributed by atoms with E-state index in [0.717, 1.165) is 16.3 Å². The molecule has 0 heterocycles. The van der Waals surface area contributed by atoms with E-state index < -0.39 is 4.92 Å². The van der Waals surface area contributed by atoms with E-state index in [1.165, 1.54) is 19.2 Å². The Hall–Kier alpha value is -3.45. The van der Waals surface area contributed by atoms with E-state index in [0.29, 0.717) is 11.3 Å². The van der Waals surface area contributed by atoms with E-state index in [-0.39, 0.29) is 29.9 Å². The standard InChI is InChI=1S/C22H23N3O4/c1-14-11-20(25(27)28)21(29-3)12-19(14)24-22(26)13-23-15(2)17-10-6-8-16-7-4-5-9-18(16)17/h4-12,15,23H,13H2,1-3H3,(H,24,26)/t15-/m1/s1. The van der Waals surface area contributed by atoms with Crippen LogP contribution in [0.5, 0.6) is 5.75 Å². The number of hydrogen-bond donors (Lipinski definition) is 2. The highest BCUT2D eigenvalue weighted by molar-refractivity contribution is 5.93. The first-order valence-electron chi connectivity index (χ1n) is 9.24. The van der Waals surface area contributed by atoms with Gasteiger partial charge in [-0.1, -0.05) is 42.5 Å². The van der Waals surface area contributed by atoms with Crippen LogP contribution in [-0.4, -0.2) is 24.5 Å². The molecule has 1 amide bonds. The normalized spacial score (nSPS) is 11.8. The van der Waals surface area contributed by atoms with Gasteiger partial charge in [0.05, 0.1) is 18.6 Å². The molecule has 0 aromatic heterocycles. The molecule has 150 valence electrons. The Bertz CT molecular complexity index is 1060. The molecular formula is C22H23N3O4. The summed E-state index contributed by atoms with van der Waals surface area (Å²) in [7, 11) is 1.36. The molecule has 29 heavy (non-hydrogen) atoms. The number of nitrogens with zero attached hydrogens (tertiary/aromatic N) is 1. The van der Waals surface area contributed by atoms with Crippen LogP contribution in [0.3, 0.4) is 0 Å². The largest absolute Gasteiger partial charge is 0.490 e. The van der Waals surface area contributed by atoms with Gasteiger partial charge in [-0.15, -0.1) is 0 Å². The molecule has 0 radical (unpaired) electrons. The van der Waals surface area contributed by atoms with E-state index in [2.05, 4.69) is 28.8 Å². The predicted molar refractivity (Wildman–Crippen MR) is 113 cm³/mol. The van der Waals surface area contributed by atoms with Gasteiger partial charge in [0.1, 0.15) is 0 Å². The summed E-state index contributed by atoms with van der Waals surface area (Å²) in [5.41, 5.74) is 2.06. The lowest BCUT2D eigenvalue weighted by molar-refractivity contribution is -0.385. The monoisotopic (exact) mass is 393 g/mol. The van der Waals surface area contributed by atoms with Crippen molar-refractivity contribution >= 4 is 28.1 Å². The molecule has 0 saturated heterocycles. The highest BCUT2D eigenvalue weighted by atomic mass is 16.6. The average molecular weight is 393 g/mol. The highest BCUT2D eigenvalue weighted by Crippen LogP contribution is 2.32. The van der Waals surface area contributed by atoms with Crippen LogP contribution in [0, 0.1) is 17.0 Å². The summed E-state index contributed by atoms with van der Waals surface area (Å²) >= 11 is 0. The molecule has 0 aliphatic heterocycles. The minimum Gasteiger partial charge on any atom is -0.490 e. The van der Waals surface area contributed by atoms with Gasteiger partial charge < -0.3 is 15.4 Å². The Balaban J connectivity index is 1.69. The molecule has 3 aromatic carbocycles. The zero-order chi connectivity index (χ0) is 21.0. The maximum Gasteiger partial charge on any atom is 0.311 e. The second-order valence-electron chi connectivity index (χ2n) is 6.82. The van der Waals surface area contributed by atoms with Crippen molar-refractivity contribution in [2.24, 2.45) is 0 Å². The first-order chi connectivity index (χ1) is 13.9. The zero-order valence-electron chi connectivity index (χ0n) is 16.6. The summed E-state index contributed by atoms with van der Waals surface area (Å²) in [4.78, 5) is 23.0. The van der Waals surface area contributed by atoms with Crippen molar-refractivity contribution in [1.82, 2.24) is 5.32 Å². The van der Waals surface area contributed by atoms with Crippen LogP contribution in [0.15, 0.2) is 54.6 Å². The number of nitro benzene ring substituents is 1. The van der Waals surface area contributed by atoms with Gasteiger partial charge in [-0.05, 0) is 35.7 Å². The lowest BCUT2D eigenvalue weighted by atomic mass is 10.00. The van der Waals surface area contributed by atoms with Crippen molar-refractivity contribution in [1.29, 1.82) is 0 Å². The minimum absolute atomic E-state index is 0.0284. The number of nitro groups is 1. The number of ether oxygens (including phenoxy) is 1. The van der Waals surface area contributed by atoms with Gasteiger partial charge >= 0.3 is 5.69 Å². The SMILES string of the molecule is COc1cc(NC(=O)CN[C@H](C)c2cccc3ccccc23)c(C)cc1[N+](=O)[O-]. The summed E-state index contributed by atoms with van der Waals surface area (Å²) in [5.74, 6) is -0.135. The number of carbonyl (C=O) groups is 1. The van der Waals surface area contributed by atoms with Crippen molar-refractivity contribution in [2.75, 3.05) is 19.0 Å². The summed E-state index contributed by atoms with van der Waals surface area (Å²) in [6, 6.07) is 17.1. The van der Waals surface area contributed by atoms with E-state index in [9.17, 15) is 14.9 Å². The maximum atomic E-state index is 12.4. The fraction of sp³-hybridized carbons (Fsp3) is 0.227. The fourth-order valence-electron chi connectivity index (χ4n) is 3.29. The molecule has 0 fully saturated rings. The van der Waals surface area contributed by atoms with E-state index in [1.807, 2.05) is 31.2 Å². The van der Waals surface area contributed by atoms with Crippen LogP contribution in [0.2, 0.25) is 0 Å². The van der Waals surface area contributed by atoms with Crippen molar-refractivity contribution < 1.29 is 14.5 Å². The number of amides is 1. The number of carbonyl (C=O) groups excluding carboxylic acids is 1. The third-order valence-corrected chi connectivity index (χ3v) is 4.86. The fourth-order valence-corrected chi connectivity index (χ4v) is 3.29. The molecule has 0 saturated carbocycles. The van der Waals surface area contributed by atoms with Gasteiger partial charge in [0.2, 0.25) is 5.91 Å². The first kappa shape index (κ1) is 20.3. The lowest BCUT2D eigenvalue weighted by Gasteiger charge is -2.17. The van der Waals surface area contributed by atoms with E-state index >= 15 is 0 Å². The van der Waals surface area contributed by atoms with Crippen molar-refractivity contribution in [3.8, 4) is 5.75 Å². The Morgan fingerprint density at radius 2 is 1.90 bits per heavy atom. The zero-order valence-corrected chi connectivity index (χ0v) is 16.6. The maximum absolute atomic E-state index is 12.4. The number of aryl methyl sites for hydroxylation is 1. The van der Waals surface area contributed by atoms with Crippen molar-refractivity contribution in [3.63, 3.8) is 0 Å². The Morgan fingerprint density at radius 1 is 1.17 bits per heavy atom. The molecular weight excluding hydrogens is 370 g/mol. The molecule has 0 spiro atoms. The van der Waals surface area contributed by atoms with Gasteiger partial charge in [0, 0.05) is 23.9 Å². The van der Waals surface area contributed by atoms with Gasteiger partial charge in [-0.25, -0.2) is 0 Å². The van der Waals surface area contributed by atoms with Crippen LogP contribution >= 0.6 is 0 Å². The Morgan fingerprint density at radius 3 is 2.62 bits per heavy atom. The smallest absolute Gasteiger partial charge is 0.311 e. The summed E-state index contributed by atoms with van der Waals surface area (Å²) < 4.78 is 5.07. The number of fused-ring (bicyclic) bond motifs is 1. The molecule has 1 atom stereocenters. The molecule has 2 N–H and O–H groups in total. The van der Waals surface area contributed by atoms with Crippen LogP contribution in [0.1, 0.15) is 24.1 Å². The third-order valence-electron chi connectivity index (χ3n) is 4.86. The Kier molecular flexibility index (Phi) is 6.09. The number of nitrogens with one attached hydrogen (secondary N) is 2. The van der Waals surface area contributed by atoms with Gasteiger partial charge in [-0.2, -0.15) is 0 Å². The summed E-state index contributed by atoms with van der Waals surface area (Å²) in [5, 5.41) is 19.4. The van der Waals surface area contributed by atoms with Crippen LogP contribution < -0.4 is 15.4 Å². The molecule has 0 unspecified atom stereocenters. The summed E-state index contributed by atoms with van der Waals surface area (Å²) in [6.45, 7) is 3.81. The number of methoxy groups -OCH3 is 1. The lowest BCUT2D eigenvalue weighted by Crippen LogP contribution is -2.30. The molecule has 7 nitrogen and oxygen atoms in total. The molecule has 0 aliphatic rings.